The molecular weight excluding hydrogens is 262 g/mol. The average Bonchev–Trinajstić information content (AvgIpc) is 2.30. The molecule has 0 fully saturated rings. The third kappa shape index (κ3) is 7.98. The molecule has 8 heteroatoms. The Labute approximate surface area is 105 Å². The van der Waals surface area contributed by atoms with Gasteiger partial charge in [-0.1, -0.05) is 0 Å². The van der Waals surface area contributed by atoms with Gasteiger partial charge in [0.05, 0.1) is 18.1 Å². The molecule has 0 aliphatic rings. The maximum atomic E-state index is 10.4. The number of hydrogen-bond acceptors (Lipinski definition) is 6. The molecule has 0 atom stereocenters. The molecule has 7 nitrogen and oxygen atoms in total. The number of nitrogens with one attached hydrogen (secondary N) is 1. The second kappa shape index (κ2) is 8.84. The van der Waals surface area contributed by atoms with E-state index in [0.717, 1.165) is 12.1 Å². The van der Waals surface area contributed by atoms with Crippen LogP contribution in [0, 0.1) is 0 Å². The van der Waals surface area contributed by atoms with Gasteiger partial charge >= 0.3 is 0 Å². The van der Waals surface area contributed by atoms with Crippen LogP contribution in [0.2, 0.25) is 0 Å². The Morgan fingerprint density at radius 3 is 1.78 bits per heavy atom. The van der Waals surface area contributed by atoms with Gasteiger partial charge in [-0.05, 0) is 24.3 Å². The first-order valence-electron chi connectivity index (χ1n) is 5.10. The van der Waals surface area contributed by atoms with Crippen molar-refractivity contribution in [1.29, 1.82) is 0 Å². The Kier molecular flexibility index (Phi) is 8.25. The molecule has 0 heterocycles. The highest BCUT2D eigenvalue weighted by molar-refractivity contribution is 7.85. The van der Waals surface area contributed by atoms with E-state index in [4.69, 9.17) is 19.9 Å². The molecule has 0 radical (unpaired) electrons. The minimum atomic E-state index is -4.13. The first-order valence-corrected chi connectivity index (χ1v) is 6.54. The molecule has 1 aromatic rings. The Bertz CT molecular complexity index is 412. The third-order valence-corrected chi connectivity index (χ3v) is 2.58. The second-order valence-electron chi connectivity index (χ2n) is 3.17. The molecule has 5 N–H and O–H groups in total. The maximum Gasteiger partial charge on any atom is 0.294 e. The third-order valence-electron chi connectivity index (χ3n) is 1.71. The predicted molar refractivity (Wildman–Crippen MR) is 65.0 cm³/mol. The van der Waals surface area contributed by atoms with Gasteiger partial charge in [0, 0.05) is 13.1 Å². The van der Waals surface area contributed by atoms with Crippen molar-refractivity contribution in [3.05, 3.63) is 24.3 Å². The first-order chi connectivity index (χ1) is 8.41. The van der Waals surface area contributed by atoms with E-state index in [2.05, 4.69) is 5.32 Å². The van der Waals surface area contributed by atoms with E-state index in [1.807, 2.05) is 0 Å². The highest BCUT2D eigenvalue weighted by atomic mass is 32.2. The van der Waals surface area contributed by atoms with Gasteiger partial charge in [-0.3, -0.25) is 4.55 Å². The molecule has 1 rings (SSSR count). The summed E-state index contributed by atoms with van der Waals surface area (Å²) in [5.74, 6) is -0.0441. The molecule has 1 aromatic carbocycles. The molecule has 0 spiro atoms. The molecule has 0 saturated carbocycles. The highest BCUT2D eigenvalue weighted by Gasteiger charge is 2.07. The molecule has 0 aliphatic carbocycles. The normalized spacial score (nSPS) is 10.6. The van der Waals surface area contributed by atoms with Crippen LogP contribution in [-0.4, -0.2) is 54.6 Å². The van der Waals surface area contributed by atoms with Gasteiger partial charge in [-0.25, -0.2) is 0 Å². The van der Waals surface area contributed by atoms with Gasteiger partial charge in [-0.15, -0.1) is 0 Å². The van der Waals surface area contributed by atoms with Crippen LogP contribution < -0.4 is 5.32 Å². The van der Waals surface area contributed by atoms with Crippen LogP contribution in [0.25, 0.3) is 0 Å². The summed E-state index contributed by atoms with van der Waals surface area (Å²) < 4.78 is 29.3. The monoisotopic (exact) mass is 279 g/mol. The Morgan fingerprint density at radius 2 is 1.44 bits per heavy atom. The fraction of sp³-hybridized carbons (Fsp3) is 0.400. The van der Waals surface area contributed by atoms with Crippen molar-refractivity contribution in [2.24, 2.45) is 0 Å². The van der Waals surface area contributed by atoms with E-state index in [-0.39, 0.29) is 23.9 Å². The summed E-state index contributed by atoms with van der Waals surface area (Å²) >= 11 is 0. The maximum absolute atomic E-state index is 10.4. The van der Waals surface area contributed by atoms with E-state index < -0.39 is 10.1 Å². The van der Waals surface area contributed by atoms with Crippen molar-refractivity contribution < 1.29 is 28.3 Å². The molecule has 0 bridgehead atoms. The van der Waals surface area contributed by atoms with Crippen molar-refractivity contribution in [3.8, 4) is 5.75 Å². The summed E-state index contributed by atoms with van der Waals surface area (Å²) in [6.45, 7) is 1.42. The number of aliphatic hydroxyl groups is 2. The van der Waals surface area contributed by atoms with E-state index >= 15 is 0 Å². The first kappa shape index (κ1) is 16.8. The highest BCUT2D eigenvalue weighted by Crippen LogP contribution is 2.13. The molecule has 104 valence electrons. The fourth-order valence-corrected chi connectivity index (χ4v) is 1.38. The van der Waals surface area contributed by atoms with Crippen molar-refractivity contribution in [1.82, 2.24) is 5.32 Å². The lowest BCUT2D eigenvalue weighted by Crippen LogP contribution is -2.21. The molecule has 18 heavy (non-hydrogen) atoms. The van der Waals surface area contributed by atoms with Crippen molar-refractivity contribution in [3.63, 3.8) is 0 Å². The second-order valence-corrected chi connectivity index (χ2v) is 4.59. The van der Waals surface area contributed by atoms with Gasteiger partial charge < -0.3 is 20.6 Å². The van der Waals surface area contributed by atoms with Crippen LogP contribution in [0.3, 0.4) is 0 Å². The van der Waals surface area contributed by atoms with Crippen LogP contribution in [0.5, 0.6) is 5.75 Å². The molecule has 0 aromatic heterocycles. The summed E-state index contributed by atoms with van der Waals surface area (Å²) in [6.07, 6.45) is 0. The smallest absolute Gasteiger partial charge is 0.294 e. The quantitative estimate of drug-likeness (QED) is 0.352. The topological polar surface area (TPSA) is 127 Å². The van der Waals surface area contributed by atoms with E-state index in [9.17, 15) is 8.42 Å². The van der Waals surface area contributed by atoms with Crippen LogP contribution in [0.1, 0.15) is 0 Å². The van der Waals surface area contributed by atoms with Crippen molar-refractivity contribution >= 4 is 10.1 Å². The minimum absolute atomic E-state index is 0.0441. The summed E-state index contributed by atoms with van der Waals surface area (Å²) in [7, 11) is -4.13. The van der Waals surface area contributed by atoms with Gasteiger partial charge in [0.1, 0.15) is 5.75 Å². The van der Waals surface area contributed by atoms with Gasteiger partial charge in [0.15, 0.2) is 0 Å². The lowest BCUT2D eigenvalue weighted by Gasteiger charge is -1.94. The zero-order valence-electron chi connectivity index (χ0n) is 9.65. The van der Waals surface area contributed by atoms with Gasteiger partial charge in [0.2, 0.25) is 0 Å². The predicted octanol–water partition coefficient (Wildman–Crippen LogP) is -0.800. The van der Waals surface area contributed by atoms with E-state index in [0.29, 0.717) is 13.1 Å². The molecular formula is C10H17NO6S. The van der Waals surface area contributed by atoms with Gasteiger partial charge in [0.25, 0.3) is 10.1 Å². The number of benzene rings is 1. The summed E-state index contributed by atoms with van der Waals surface area (Å²) in [5.41, 5.74) is 0. The lowest BCUT2D eigenvalue weighted by atomic mass is 10.3. The Balaban J connectivity index is 0.000000360. The van der Waals surface area contributed by atoms with Crippen LogP contribution in [-0.2, 0) is 10.1 Å². The fourth-order valence-electron chi connectivity index (χ4n) is 0.901. The van der Waals surface area contributed by atoms with Gasteiger partial charge in [-0.2, -0.15) is 8.42 Å². The van der Waals surface area contributed by atoms with E-state index in [1.54, 1.807) is 0 Å². The summed E-state index contributed by atoms with van der Waals surface area (Å²) in [5, 5.41) is 27.8. The number of aliphatic hydroxyl groups excluding tert-OH is 2. The Morgan fingerprint density at radius 1 is 1.00 bits per heavy atom. The largest absolute Gasteiger partial charge is 0.508 e. The zero-order chi connectivity index (χ0) is 14.0. The summed E-state index contributed by atoms with van der Waals surface area (Å²) in [4.78, 5) is -0.227. The number of phenols is 1. The number of hydrogen-bond donors (Lipinski definition) is 5. The molecule has 0 aliphatic heterocycles. The average molecular weight is 279 g/mol. The lowest BCUT2D eigenvalue weighted by molar-refractivity contribution is 0.266. The molecule has 0 saturated heterocycles. The summed E-state index contributed by atoms with van der Waals surface area (Å²) in [6, 6.07) is 4.60. The van der Waals surface area contributed by atoms with Crippen molar-refractivity contribution in [2.45, 2.75) is 4.90 Å². The standard InChI is InChI=1S/C6H6O4S.C4H11NO2/c7-5-1-3-6(4-2-5)11(8,9)10;6-3-1-5-2-4-7/h1-4,7H,(H,8,9,10);5-7H,1-4H2. The van der Waals surface area contributed by atoms with Crippen LogP contribution >= 0.6 is 0 Å². The number of aromatic hydroxyl groups is 1. The van der Waals surface area contributed by atoms with Crippen LogP contribution in [0.4, 0.5) is 0 Å². The SMILES string of the molecule is O=S(=O)(O)c1ccc(O)cc1.OCCNCCO. The Hall–Kier alpha value is -1.19. The van der Waals surface area contributed by atoms with E-state index in [1.165, 1.54) is 12.1 Å². The molecule has 0 unspecified atom stereocenters. The number of phenolic OH excluding ortho intramolecular Hbond substituents is 1. The van der Waals surface area contributed by atoms with Crippen LogP contribution in [0.15, 0.2) is 29.2 Å². The molecule has 0 amide bonds. The van der Waals surface area contributed by atoms with Crippen molar-refractivity contribution in [2.75, 3.05) is 26.3 Å². The minimum Gasteiger partial charge on any atom is -0.508 e. The number of rotatable bonds is 5. The zero-order valence-corrected chi connectivity index (χ0v) is 10.5.